The molecule has 5 nitrogen and oxygen atoms in total. The van der Waals surface area contributed by atoms with Crippen molar-refractivity contribution in [1.29, 1.82) is 0 Å². The highest BCUT2D eigenvalue weighted by Gasteiger charge is 2.06. The number of carboxylic acids is 1. The summed E-state index contributed by atoms with van der Waals surface area (Å²) in [6.45, 7) is 5.81. The zero-order chi connectivity index (χ0) is 17.1. The maximum Gasteiger partial charge on any atom is 0.303 e. The number of unbranched alkanes of at least 4 members (excludes halogenated alkanes) is 2. The Balaban J connectivity index is 2.27. The summed E-state index contributed by atoms with van der Waals surface area (Å²) in [5.41, 5.74) is 7.91. The summed E-state index contributed by atoms with van der Waals surface area (Å²) in [5.74, 6) is 0.0462. The van der Waals surface area contributed by atoms with Crippen molar-refractivity contribution in [2.24, 2.45) is 0 Å². The average molecular weight is 322 g/mol. The number of anilines is 1. The molecular weight excluding hydrogens is 292 g/mol. The highest BCUT2D eigenvalue weighted by molar-refractivity contribution is 5.66. The smallest absolute Gasteiger partial charge is 0.303 e. The van der Waals surface area contributed by atoms with Crippen LogP contribution in [0.3, 0.4) is 0 Å². The van der Waals surface area contributed by atoms with Gasteiger partial charge in [0.1, 0.15) is 5.75 Å². The number of hydrogen-bond acceptors (Lipinski definition) is 4. The van der Waals surface area contributed by atoms with Gasteiger partial charge in [0, 0.05) is 12.5 Å². The Bertz CT molecular complexity index is 477. The van der Waals surface area contributed by atoms with Gasteiger partial charge in [-0.15, -0.1) is 0 Å². The van der Waals surface area contributed by atoms with Crippen LogP contribution in [0.2, 0.25) is 0 Å². The van der Waals surface area contributed by atoms with Crippen LogP contribution in [-0.2, 0) is 11.2 Å². The van der Waals surface area contributed by atoms with Gasteiger partial charge in [-0.3, -0.25) is 4.79 Å². The van der Waals surface area contributed by atoms with Crippen molar-refractivity contribution in [3.05, 3.63) is 23.8 Å². The molecule has 1 atom stereocenters. The predicted octanol–water partition coefficient (Wildman–Crippen LogP) is 3.22. The van der Waals surface area contributed by atoms with Crippen molar-refractivity contribution >= 4 is 11.7 Å². The molecule has 4 N–H and O–H groups in total. The van der Waals surface area contributed by atoms with Gasteiger partial charge >= 0.3 is 5.97 Å². The highest BCUT2D eigenvalue weighted by atomic mass is 16.5. The third kappa shape index (κ3) is 8.45. The Labute approximate surface area is 139 Å². The molecule has 23 heavy (non-hydrogen) atoms. The van der Waals surface area contributed by atoms with Crippen LogP contribution in [0.4, 0.5) is 5.69 Å². The molecule has 0 fully saturated rings. The van der Waals surface area contributed by atoms with Crippen LogP contribution in [-0.4, -0.2) is 30.3 Å². The topological polar surface area (TPSA) is 84.6 Å². The second-order valence-corrected chi connectivity index (χ2v) is 5.98. The van der Waals surface area contributed by atoms with E-state index in [1.807, 2.05) is 12.1 Å². The lowest BCUT2D eigenvalue weighted by Crippen LogP contribution is -2.29. The Kier molecular flexibility index (Phi) is 9.14. The molecule has 0 bridgehead atoms. The molecule has 1 rings (SSSR count). The van der Waals surface area contributed by atoms with E-state index in [1.165, 1.54) is 5.56 Å². The number of rotatable bonds is 12. The van der Waals surface area contributed by atoms with Crippen molar-refractivity contribution in [3.8, 4) is 5.75 Å². The third-order valence-corrected chi connectivity index (χ3v) is 3.64. The Hall–Kier alpha value is -1.75. The summed E-state index contributed by atoms with van der Waals surface area (Å²) in [4.78, 5) is 10.4. The lowest BCUT2D eigenvalue weighted by molar-refractivity contribution is -0.137. The van der Waals surface area contributed by atoms with E-state index < -0.39 is 5.97 Å². The lowest BCUT2D eigenvalue weighted by atomic mass is 10.1. The van der Waals surface area contributed by atoms with Gasteiger partial charge in [0.2, 0.25) is 0 Å². The van der Waals surface area contributed by atoms with Gasteiger partial charge in [-0.25, -0.2) is 0 Å². The Morgan fingerprint density at radius 2 is 2.13 bits per heavy atom. The maximum atomic E-state index is 10.4. The number of nitrogens with two attached hydrogens (primary N) is 1. The molecule has 0 heterocycles. The van der Waals surface area contributed by atoms with Crippen molar-refractivity contribution < 1.29 is 14.6 Å². The standard InChI is InChI=1S/C18H30N2O3/c1-3-11-23-17-9-8-15(13-16(17)19)12-14(2)20-10-6-4-5-7-18(21)22/h8-9,13-14,20H,3-7,10-12,19H2,1-2H3,(H,21,22). The van der Waals surface area contributed by atoms with Gasteiger partial charge in [0.25, 0.3) is 0 Å². The molecule has 0 saturated heterocycles. The van der Waals surface area contributed by atoms with E-state index in [0.29, 0.717) is 18.3 Å². The summed E-state index contributed by atoms with van der Waals surface area (Å²) in [5, 5.41) is 12.0. The van der Waals surface area contributed by atoms with Crippen LogP contribution in [0, 0.1) is 0 Å². The maximum absolute atomic E-state index is 10.4. The van der Waals surface area contributed by atoms with E-state index in [0.717, 1.165) is 44.4 Å². The molecule has 0 saturated carbocycles. The van der Waals surface area contributed by atoms with E-state index in [9.17, 15) is 4.79 Å². The first-order valence-corrected chi connectivity index (χ1v) is 8.49. The van der Waals surface area contributed by atoms with Crippen molar-refractivity contribution in [2.45, 2.75) is 58.4 Å². The Morgan fingerprint density at radius 1 is 1.35 bits per heavy atom. The van der Waals surface area contributed by atoms with Crippen LogP contribution >= 0.6 is 0 Å². The minimum atomic E-state index is -0.713. The summed E-state index contributed by atoms with van der Waals surface area (Å²) >= 11 is 0. The quantitative estimate of drug-likeness (QED) is 0.406. The molecule has 1 aromatic rings. The van der Waals surface area contributed by atoms with Gasteiger partial charge in [0.15, 0.2) is 0 Å². The first kappa shape index (κ1) is 19.3. The minimum absolute atomic E-state index is 0.265. The molecule has 0 spiro atoms. The van der Waals surface area contributed by atoms with Crippen LogP contribution in [0.25, 0.3) is 0 Å². The van der Waals surface area contributed by atoms with E-state index in [-0.39, 0.29) is 6.42 Å². The summed E-state index contributed by atoms with van der Waals surface area (Å²) in [6, 6.07) is 6.35. The normalized spacial score (nSPS) is 12.1. The molecule has 0 aliphatic heterocycles. The number of carbonyl (C=O) groups is 1. The molecule has 1 aromatic carbocycles. The lowest BCUT2D eigenvalue weighted by Gasteiger charge is -2.15. The molecule has 130 valence electrons. The fraction of sp³-hybridized carbons (Fsp3) is 0.611. The van der Waals surface area contributed by atoms with Crippen molar-refractivity contribution in [1.82, 2.24) is 5.32 Å². The second-order valence-electron chi connectivity index (χ2n) is 5.98. The first-order chi connectivity index (χ1) is 11.0. The van der Waals surface area contributed by atoms with Crippen LogP contribution in [0.15, 0.2) is 18.2 Å². The van der Waals surface area contributed by atoms with Crippen LogP contribution in [0.5, 0.6) is 5.75 Å². The van der Waals surface area contributed by atoms with Gasteiger partial charge in [0.05, 0.1) is 12.3 Å². The predicted molar refractivity (Wildman–Crippen MR) is 93.9 cm³/mol. The van der Waals surface area contributed by atoms with Crippen molar-refractivity contribution in [2.75, 3.05) is 18.9 Å². The number of nitrogen functional groups attached to an aromatic ring is 1. The van der Waals surface area contributed by atoms with E-state index in [2.05, 4.69) is 25.2 Å². The average Bonchev–Trinajstić information content (AvgIpc) is 2.49. The number of aliphatic carboxylic acids is 1. The summed E-state index contributed by atoms with van der Waals surface area (Å²) in [6.07, 6.45) is 4.84. The molecule has 0 aliphatic rings. The van der Waals surface area contributed by atoms with Crippen molar-refractivity contribution in [3.63, 3.8) is 0 Å². The number of hydrogen-bond donors (Lipinski definition) is 3. The van der Waals surface area contributed by atoms with E-state index in [1.54, 1.807) is 0 Å². The van der Waals surface area contributed by atoms with Gasteiger partial charge in [-0.1, -0.05) is 19.4 Å². The molecule has 0 radical (unpaired) electrons. The van der Waals surface area contributed by atoms with Gasteiger partial charge in [-0.2, -0.15) is 0 Å². The molecular formula is C18H30N2O3. The number of ether oxygens (including phenoxy) is 1. The molecule has 0 aliphatic carbocycles. The first-order valence-electron chi connectivity index (χ1n) is 8.49. The summed E-state index contributed by atoms with van der Waals surface area (Å²) < 4.78 is 5.58. The molecule has 1 unspecified atom stereocenters. The van der Waals surface area contributed by atoms with Crippen LogP contribution in [0.1, 0.15) is 51.5 Å². The second kappa shape index (κ2) is 10.9. The fourth-order valence-corrected chi connectivity index (χ4v) is 2.42. The fourth-order valence-electron chi connectivity index (χ4n) is 2.42. The molecule has 5 heteroatoms. The third-order valence-electron chi connectivity index (χ3n) is 3.64. The van der Waals surface area contributed by atoms with E-state index >= 15 is 0 Å². The van der Waals surface area contributed by atoms with Crippen LogP contribution < -0.4 is 15.8 Å². The number of nitrogens with one attached hydrogen (secondary N) is 1. The van der Waals surface area contributed by atoms with Gasteiger partial charge < -0.3 is 20.9 Å². The monoisotopic (exact) mass is 322 g/mol. The van der Waals surface area contributed by atoms with E-state index in [4.69, 9.17) is 15.6 Å². The largest absolute Gasteiger partial charge is 0.491 e. The number of benzene rings is 1. The zero-order valence-electron chi connectivity index (χ0n) is 14.3. The zero-order valence-corrected chi connectivity index (χ0v) is 14.3. The molecule has 0 aromatic heterocycles. The SMILES string of the molecule is CCCOc1ccc(CC(C)NCCCCCC(=O)O)cc1N. The number of carboxylic acid groups (broad SMARTS) is 1. The summed E-state index contributed by atoms with van der Waals surface area (Å²) in [7, 11) is 0. The van der Waals surface area contributed by atoms with Gasteiger partial charge in [-0.05, 0) is 56.8 Å². The highest BCUT2D eigenvalue weighted by Crippen LogP contribution is 2.23. The minimum Gasteiger partial charge on any atom is -0.491 e. The molecule has 0 amide bonds. The Morgan fingerprint density at radius 3 is 2.78 bits per heavy atom.